The van der Waals surface area contributed by atoms with Crippen LogP contribution in [0.3, 0.4) is 0 Å². The molecule has 4 aromatic rings. The quantitative estimate of drug-likeness (QED) is 0.480. The summed E-state index contributed by atoms with van der Waals surface area (Å²) in [6, 6.07) is 30.6. The van der Waals surface area contributed by atoms with Crippen molar-refractivity contribution in [2.45, 2.75) is 18.9 Å². The second-order valence-electron chi connectivity index (χ2n) is 7.37. The van der Waals surface area contributed by atoms with E-state index in [0.717, 1.165) is 38.9 Å². The minimum absolute atomic E-state index is 0.0321. The molecule has 0 bridgehead atoms. The van der Waals surface area contributed by atoms with E-state index in [0.29, 0.717) is 13.0 Å². The Morgan fingerprint density at radius 3 is 2.45 bits per heavy atom. The van der Waals surface area contributed by atoms with E-state index in [1.807, 2.05) is 48.5 Å². The van der Waals surface area contributed by atoms with E-state index in [1.165, 1.54) is 0 Å². The maximum atomic E-state index is 12.6. The van der Waals surface area contributed by atoms with Gasteiger partial charge in [-0.15, -0.1) is 0 Å². The highest BCUT2D eigenvalue weighted by molar-refractivity contribution is 6.06. The van der Waals surface area contributed by atoms with E-state index >= 15 is 0 Å². The van der Waals surface area contributed by atoms with Crippen LogP contribution in [0.1, 0.15) is 29.0 Å². The van der Waals surface area contributed by atoms with Gasteiger partial charge in [-0.2, -0.15) is 0 Å². The van der Waals surface area contributed by atoms with E-state index < -0.39 is 0 Å². The number of hydrogen-bond acceptors (Lipinski definition) is 2. The number of rotatable bonds is 4. The van der Waals surface area contributed by atoms with Crippen molar-refractivity contribution in [1.82, 2.24) is 0 Å². The third-order valence-electron chi connectivity index (χ3n) is 5.52. The van der Waals surface area contributed by atoms with E-state index in [4.69, 9.17) is 4.74 Å². The van der Waals surface area contributed by atoms with Crippen LogP contribution >= 0.6 is 0 Å². The van der Waals surface area contributed by atoms with Crippen molar-refractivity contribution in [1.29, 1.82) is 0 Å². The van der Waals surface area contributed by atoms with Crippen molar-refractivity contribution < 1.29 is 9.53 Å². The number of para-hydroxylation sites is 1. The fourth-order valence-corrected chi connectivity index (χ4v) is 4.12. The Kier molecular flexibility index (Phi) is 4.49. The van der Waals surface area contributed by atoms with Gasteiger partial charge in [0.05, 0.1) is 5.69 Å². The Bertz CT molecular complexity index is 1180. The monoisotopic (exact) mass is 379 g/mol. The molecule has 1 atom stereocenters. The molecule has 1 aliphatic heterocycles. The molecule has 1 N–H and O–H groups in total. The molecular weight excluding hydrogens is 358 g/mol. The molecule has 0 fully saturated rings. The number of amides is 1. The van der Waals surface area contributed by atoms with Crippen LogP contribution in [-0.4, -0.2) is 5.91 Å². The van der Waals surface area contributed by atoms with Crippen LogP contribution in [0.4, 0.5) is 5.69 Å². The zero-order valence-corrected chi connectivity index (χ0v) is 16.0. The van der Waals surface area contributed by atoms with Gasteiger partial charge >= 0.3 is 0 Å². The first kappa shape index (κ1) is 17.5. The van der Waals surface area contributed by atoms with Crippen molar-refractivity contribution in [2.75, 3.05) is 5.32 Å². The average Bonchev–Trinajstić information content (AvgIpc) is 2.78. The zero-order valence-electron chi connectivity index (χ0n) is 16.0. The maximum Gasteiger partial charge on any atom is 0.225 e. The first-order valence-corrected chi connectivity index (χ1v) is 9.87. The minimum atomic E-state index is -0.0321. The Balaban J connectivity index is 1.55. The van der Waals surface area contributed by atoms with Crippen LogP contribution in [0.2, 0.25) is 0 Å². The second kappa shape index (κ2) is 7.44. The molecule has 0 spiro atoms. The summed E-state index contributed by atoms with van der Waals surface area (Å²) in [5.74, 6) is 0.835. The van der Waals surface area contributed by atoms with Crippen LogP contribution in [0.25, 0.3) is 10.8 Å². The van der Waals surface area contributed by atoms with Gasteiger partial charge in [0.1, 0.15) is 12.4 Å². The van der Waals surface area contributed by atoms with Gasteiger partial charge in [0.15, 0.2) is 0 Å². The molecule has 29 heavy (non-hydrogen) atoms. The molecule has 1 aliphatic rings. The van der Waals surface area contributed by atoms with Gasteiger partial charge in [-0.1, -0.05) is 84.9 Å². The summed E-state index contributed by atoms with van der Waals surface area (Å²) in [7, 11) is 0. The van der Waals surface area contributed by atoms with Crippen LogP contribution in [0.15, 0.2) is 91.0 Å². The summed E-state index contributed by atoms with van der Waals surface area (Å²) in [5, 5.41) is 5.30. The first-order valence-electron chi connectivity index (χ1n) is 9.87. The maximum absolute atomic E-state index is 12.6. The third kappa shape index (κ3) is 3.36. The SMILES string of the molecule is O=C1C[C@H](c2ccccc2OCc2ccccc2)c2ccc3ccccc3c2N1. The number of carbonyl (C=O) groups is 1. The standard InChI is InChI=1S/C26H21NO2/c28-25-16-23(22-15-14-19-10-4-5-11-20(19)26(22)27-25)21-12-6-7-13-24(21)29-17-18-8-2-1-3-9-18/h1-15,23H,16-17H2,(H,27,28)/t23-/m1/s1. The molecule has 3 nitrogen and oxygen atoms in total. The molecular formula is C26H21NO2. The molecule has 1 amide bonds. The van der Waals surface area contributed by atoms with Crippen LogP contribution in [0, 0.1) is 0 Å². The molecule has 0 aromatic heterocycles. The Morgan fingerprint density at radius 2 is 1.55 bits per heavy atom. The van der Waals surface area contributed by atoms with Gasteiger partial charge in [0.2, 0.25) is 5.91 Å². The Morgan fingerprint density at radius 1 is 0.793 bits per heavy atom. The Labute approximate surface area is 170 Å². The summed E-state index contributed by atoms with van der Waals surface area (Å²) < 4.78 is 6.18. The highest BCUT2D eigenvalue weighted by atomic mass is 16.5. The highest BCUT2D eigenvalue weighted by Gasteiger charge is 2.29. The minimum Gasteiger partial charge on any atom is -0.489 e. The molecule has 0 saturated carbocycles. The normalized spacial score (nSPS) is 15.6. The lowest BCUT2D eigenvalue weighted by molar-refractivity contribution is -0.116. The fourth-order valence-electron chi connectivity index (χ4n) is 4.12. The van der Waals surface area contributed by atoms with Gasteiger partial charge < -0.3 is 10.1 Å². The molecule has 0 aliphatic carbocycles. The van der Waals surface area contributed by atoms with Crippen molar-refractivity contribution in [3.05, 3.63) is 108 Å². The van der Waals surface area contributed by atoms with Crippen LogP contribution in [-0.2, 0) is 11.4 Å². The van der Waals surface area contributed by atoms with Crippen LogP contribution in [0.5, 0.6) is 5.75 Å². The smallest absolute Gasteiger partial charge is 0.225 e. The highest BCUT2D eigenvalue weighted by Crippen LogP contribution is 2.43. The van der Waals surface area contributed by atoms with E-state index in [2.05, 4.69) is 47.8 Å². The molecule has 1 heterocycles. The number of carbonyl (C=O) groups excluding carboxylic acids is 1. The second-order valence-corrected chi connectivity index (χ2v) is 7.37. The van der Waals surface area contributed by atoms with Gasteiger partial charge in [0.25, 0.3) is 0 Å². The number of anilines is 1. The van der Waals surface area contributed by atoms with E-state index in [1.54, 1.807) is 0 Å². The fraction of sp³-hybridized carbons (Fsp3) is 0.115. The summed E-state index contributed by atoms with van der Waals surface area (Å²) in [4.78, 5) is 12.6. The lowest BCUT2D eigenvalue weighted by atomic mass is 9.83. The number of ether oxygens (including phenoxy) is 1. The number of hydrogen-bond donors (Lipinski definition) is 1. The van der Waals surface area contributed by atoms with Gasteiger partial charge in [0, 0.05) is 23.3 Å². The number of benzene rings is 4. The first-order chi connectivity index (χ1) is 14.3. The molecule has 3 heteroatoms. The van der Waals surface area contributed by atoms with Crippen molar-refractivity contribution in [3.8, 4) is 5.75 Å². The van der Waals surface area contributed by atoms with Crippen molar-refractivity contribution >= 4 is 22.4 Å². The molecule has 0 radical (unpaired) electrons. The number of nitrogens with one attached hydrogen (secondary N) is 1. The Hall–Kier alpha value is -3.59. The molecule has 4 aromatic carbocycles. The van der Waals surface area contributed by atoms with E-state index in [9.17, 15) is 4.79 Å². The zero-order chi connectivity index (χ0) is 19.6. The van der Waals surface area contributed by atoms with Gasteiger partial charge in [-0.3, -0.25) is 4.79 Å². The average molecular weight is 379 g/mol. The van der Waals surface area contributed by atoms with Gasteiger partial charge in [-0.25, -0.2) is 0 Å². The predicted molar refractivity (Wildman–Crippen MR) is 116 cm³/mol. The van der Waals surface area contributed by atoms with Gasteiger partial charge in [-0.05, 0) is 22.6 Å². The summed E-state index contributed by atoms with van der Waals surface area (Å²) in [6.45, 7) is 0.501. The summed E-state index contributed by atoms with van der Waals surface area (Å²) in [6.07, 6.45) is 0.414. The third-order valence-corrected chi connectivity index (χ3v) is 5.52. The lowest BCUT2D eigenvalue weighted by Crippen LogP contribution is -2.24. The summed E-state index contributed by atoms with van der Waals surface area (Å²) >= 11 is 0. The molecule has 0 saturated heterocycles. The largest absolute Gasteiger partial charge is 0.489 e. The molecule has 0 unspecified atom stereocenters. The van der Waals surface area contributed by atoms with Crippen molar-refractivity contribution in [3.63, 3.8) is 0 Å². The van der Waals surface area contributed by atoms with Crippen molar-refractivity contribution in [2.24, 2.45) is 0 Å². The molecule has 5 rings (SSSR count). The number of fused-ring (bicyclic) bond motifs is 3. The lowest BCUT2D eigenvalue weighted by Gasteiger charge is -2.28. The van der Waals surface area contributed by atoms with E-state index in [-0.39, 0.29) is 11.8 Å². The van der Waals surface area contributed by atoms with Crippen LogP contribution < -0.4 is 10.1 Å². The topological polar surface area (TPSA) is 38.3 Å². The molecule has 142 valence electrons. The predicted octanol–water partition coefficient (Wildman–Crippen LogP) is 5.89. The summed E-state index contributed by atoms with van der Waals surface area (Å²) in [5.41, 5.74) is 4.23.